The largest absolute Gasteiger partial charge is 0.491 e. The van der Waals surface area contributed by atoms with Gasteiger partial charge < -0.3 is 15.0 Å². The molecule has 3 heterocycles. The molecule has 2 amide bonds. The molecule has 1 fully saturated rings. The second-order valence-electron chi connectivity index (χ2n) is 7.30. The van der Waals surface area contributed by atoms with Crippen LogP contribution in [0.25, 0.3) is 0 Å². The van der Waals surface area contributed by atoms with Crippen LogP contribution in [0.5, 0.6) is 5.75 Å². The molecular formula is C20H26N4O2. The van der Waals surface area contributed by atoms with Gasteiger partial charge in [-0.1, -0.05) is 18.2 Å². The van der Waals surface area contributed by atoms with E-state index in [1.807, 2.05) is 41.0 Å². The summed E-state index contributed by atoms with van der Waals surface area (Å²) in [4.78, 5) is 14.7. The molecule has 1 saturated heterocycles. The molecule has 0 radical (unpaired) electrons. The first-order valence-corrected chi connectivity index (χ1v) is 9.45. The van der Waals surface area contributed by atoms with E-state index in [4.69, 9.17) is 4.74 Å². The molecule has 6 nitrogen and oxygen atoms in total. The standard InChI is InChI=1S/C20H26N4O2/c1-23-12-10-18(22-23)16-6-4-11-24(13-16)20(25)21-17-9-8-15-5-2-3-7-19(15)26-14-17/h2-3,5,7,10,12,16-17H,4,6,8-9,11,13-14H2,1H3,(H,21,25). The molecule has 26 heavy (non-hydrogen) atoms. The summed E-state index contributed by atoms with van der Waals surface area (Å²) in [5.74, 6) is 1.27. The Bertz CT molecular complexity index is 746. The average Bonchev–Trinajstić information content (AvgIpc) is 3.00. The molecule has 0 saturated carbocycles. The molecule has 0 aliphatic carbocycles. The van der Waals surface area contributed by atoms with Gasteiger partial charge >= 0.3 is 6.03 Å². The minimum atomic E-state index is 0.0187. The van der Waals surface area contributed by atoms with Crippen molar-refractivity contribution in [3.63, 3.8) is 0 Å². The highest BCUT2D eigenvalue weighted by Crippen LogP contribution is 2.26. The summed E-state index contributed by atoms with van der Waals surface area (Å²) in [5, 5.41) is 7.69. The molecule has 6 heteroatoms. The number of benzene rings is 1. The summed E-state index contributed by atoms with van der Waals surface area (Å²) in [5.41, 5.74) is 2.30. The van der Waals surface area contributed by atoms with Crippen LogP contribution < -0.4 is 10.1 Å². The van der Waals surface area contributed by atoms with E-state index in [0.717, 1.165) is 50.2 Å². The van der Waals surface area contributed by atoms with Crippen molar-refractivity contribution >= 4 is 6.03 Å². The summed E-state index contributed by atoms with van der Waals surface area (Å²) >= 11 is 0. The Labute approximate surface area is 154 Å². The number of aryl methyl sites for hydroxylation is 2. The highest BCUT2D eigenvalue weighted by molar-refractivity contribution is 5.74. The number of hydrogen-bond donors (Lipinski definition) is 1. The Kier molecular flexibility index (Phi) is 4.82. The fourth-order valence-corrected chi connectivity index (χ4v) is 3.89. The van der Waals surface area contributed by atoms with Crippen molar-refractivity contribution in [2.24, 2.45) is 7.05 Å². The Morgan fingerprint density at radius 3 is 3.00 bits per heavy atom. The van der Waals surface area contributed by atoms with Gasteiger partial charge in [-0.15, -0.1) is 0 Å². The van der Waals surface area contributed by atoms with E-state index in [9.17, 15) is 4.79 Å². The Balaban J connectivity index is 1.34. The Hall–Kier alpha value is -2.50. The number of ether oxygens (including phenoxy) is 1. The van der Waals surface area contributed by atoms with Crippen molar-refractivity contribution in [2.75, 3.05) is 19.7 Å². The number of hydrogen-bond acceptors (Lipinski definition) is 3. The fraction of sp³-hybridized carbons (Fsp3) is 0.500. The van der Waals surface area contributed by atoms with Crippen molar-refractivity contribution in [1.29, 1.82) is 0 Å². The first-order chi connectivity index (χ1) is 12.7. The molecule has 2 aromatic rings. The predicted octanol–water partition coefficient (Wildman–Crippen LogP) is 2.70. The number of amides is 2. The second-order valence-corrected chi connectivity index (χ2v) is 7.30. The number of carbonyl (C=O) groups excluding carboxylic acids is 1. The van der Waals surface area contributed by atoms with Crippen molar-refractivity contribution < 1.29 is 9.53 Å². The lowest BCUT2D eigenvalue weighted by atomic mass is 9.95. The number of aromatic nitrogens is 2. The van der Waals surface area contributed by atoms with E-state index in [-0.39, 0.29) is 12.1 Å². The molecule has 2 aliphatic heterocycles. The molecule has 138 valence electrons. The maximum atomic E-state index is 12.8. The van der Waals surface area contributed by atoms with E-state index in [1.165, 1.54) is 5.56 Å². The number of rotatable bonds is 2. The third kappa shape index (κ3) is 3.69. The number of carbonyl (C=O) groups is 1. The van der Waals surface area contributed by atoms with Crippen LogP contribution in [0, 0.1) is 0 Å². The predicted molar refractivity (Wildman–Crippen MR) is 99.3 cm³/mol. The maximum absolute atomic E-state index is 12.8. The van der Waals surface area contributed by atoms with E-state index < -0.39 is 0 Å². The smallest absolute Gasteiger partial charge is 0.317 e. The van der Waals surface area contributed by atoms with Crippen molar-refractivity contribution in [1.82, 2.24) is 20.0 Å². The minimum Gasteiger partial charge on any atom is -0.491 e. The second kappa shape index (κ2) is 7.40. The zero-order valence-electron chi connectivity index (χ0n) is 15.2. The van der Waals surface area contributed by atoms with Gasteiger partial charge in [0.05, 0.1) is 11.7 Å². The van der Waals surface area contributed by atoms with Crippen LogP contribution in [0.4, 0.5) is 4.79 Å². The van der Waals surface area contributed by atoms with Gasteiger partial charge in [-0.05, 0) is 43.4 Å². The van der Waals surface area contributed by atoms with Crippen molar-refractivity contribution in [3.05, 3.63) is 47.8 Å². The van der Waals surface area contributed by atoms with Crippen LogP contribution in [0.1, 0.15) is 36.4 Å². The molecule has 1 aromatic carbocycles. The van der Waals surface area contributed by atoms with E-state index in [0.29, 0.717) is 12.5 Å². The number of fused-ring (bicyclic) bond motifs is 1. The molecule has 2 aliphatic rings. The van der Waals surface area contributed by atoms with Crippen LogP contribution in [0.3, 0.4) is 0 Å². The average molecular weight is 354 g/mol. The maximum Gasteiger partial charge on any atom is 0.317 e. The van der Waals surface area contributed by atoms with Gasteiger partial charge in [-0.25, -0.2) is 4.79 Å². The van der Waals surface area contributed by atoms with Gasteiger partial charge in [0.25, 0.3) is 0 Å². The summed E-state index contributed by atoms with van der Waals surface area (Å²) < 4.78 is 7.72. The van der Waals surface area contributed by atoms with Gasteiger partial charge in [0.1, 0.15) is 12.4 Å². The topological polar surface area (TPSA) is 59.4 Å². The molecule has 0 spiro atoms. The van der Waals surface area contributed by atoms with E-state index >= 15 is 0 Å². The zero-order valence-corrected chi connectivity index (χ0v) is 15.2. The lowest BCUT2D eigenvalue weighted by Gasteiger charge is -2.33. The van der Waals surface area contributed by atoms with Gasteiger partial charge in [0.15, 0.2) is 0 Å². The Morgan fingerprint density at radius 1 is 1.27 bits per heavy atom. The zero-order chi connectivity index (χ0) is 17.9. The van der Waals surface area contributed by atoms with Gasteiger partial charge in [0.2, 0.25) is 0 Å². The molecule has 1 aromatic heterocycles. The van der Waals surface area contributed by atoms with E-state index in [2.05, 4.69) is 22.5 Å². The van der Waals surface area contributed by atoms with Crippen molar-refractivity contribution in [3.8, 4) is 5.75 Å². The summed E-state index contributed by atoms with van der Waals surface area (Å²) in [7, 11) is 1.93. The molecule has 2 atom stereocenters. The summed E-state index contributed by atoms with van der Waals surface area (Å²) in [6.07, 6.45) is 5.90. The van der Waals surface area contributed by atoms with Crippen LogP contribution in [-0.2, 0) is 13.5 Å². The number of urea groups is 1. The first-order valence-electron chi connectivity index (χ1n) is 9.45. The Morgan fingerprint density at radius 2 is 2.15 bits per heavy atom. The quantitative estimate of drug-likeness (QED) is 0.902. The van der Waals surface area contributed by atoms with Crippen LogP contribution >= 0.6 is 0 Å². The fourth-order valence-electron chi connectivity index (χ4n) is 3.89. The van der Waals surface area contributed by atoms with E-state index in [1.54, 1.807) is 0 Å². The lowest BCUT2D eigenvalue weighted by molar-refractivity contribution is 0.169. The van der Waals surface area contributed by atoms with Crippen molar-refractivity contribution in [2.45, 2.75) is 37.6 Å². The number of nitrogens with one attached hydrogen (secondary N) is 1. The van der Waals surface area contributed by atoms with Crippen LogP contribution in [-0.4, -0.2) is 46.4 Å². The molecule has 0 bridgehead atoms. The number of para-hydroxylation sites is 1. The molecule has 4 rings (SSSR count). The van der Waals surface area contributed by atoms with Gasteiger partial charge in [-0.2, -0.15) is 5.10 Å². The minimum absolute atomic E-state index is 0.0187. The molecule has 2 unspecified atom stereocenters. The van der Waals surface area contributed by atoms with Gasteiger partial charge in [0, 0.05) is 32.3 Å². The third-order valence-corrected chi connectivity index (χ3v) is 5.36. The number of nitrogens with zero attached hydrogens (tertiary/aromatic N) is 3. The molecule has 1 N–H and O–H groups in total. The highest BCUT2D eigenvalue weighted by Gasteiger charge is 2.28. The van der Waals surface area contributed by atoms with Gasteiger partial charge in [-0.3, -0.25) is 4.68 Å². The van der Waals surface area contributed by atoms with Crippen LogP contribution in [0.2, 0.25) is 0 Å². The van der Waals surface area contributed by atoms with Crippen LogP contribution in [0.15, 0.2) is 36.5 Å². The normalized spacial score (nSPS) is 22.9. The molecular weight excluding hydrogens is 328 g/mol. The first kappa shape index (κ1) is 16.9. The highest BCUT2D eigenvalue weighted by atomic mass is 16.5. The lowest BCUT2D eigenvalue weighted by Crippen LogP contribution is -2.49. The number of piperidine rings is 1. The summed E-state index contributed by atoms with van der Waals surface area (Å²) in [6.45, 7) is 2.07. The number of likely N-dealkylation sites (tertiary alicyclic amines) is 1. The monoisotopic (exact) mass is 354 g/mol. The third-order valence-electron chi connectivity index (χ3n) is 5.36. The SMILES string of the molecule is Cn1ccc(C2CCCN(C(=O)NC3CCc4ccccc4OC3)C2)n1. The summed E-state index contributed by atoms with van der Waals surface area (Å²) in [6, 6.07) is 10.2.